The van der Waals surface area contributed by atoms with Gasteiger partial charge < -0.3 is 18.8 Å². The molecule has 2 spiro atoms. The standard InChI is InChI=1S/C70H53NO3/c1-67(2,3)42-33-37-63-56(39-42)70(57-40-43(68(4,5)6)34-38-64(57)73-63)51-24-11-8-21-49(51)65-54(70)27-18-28-58(65)71(59-29-17-22-48-47-20-9-14-30-60(47)74-66(48)59)44-35-36-46-45-19-7-10-23-50(45)69(55(46)41-44)52-25-12-15-31-61(52)72-62-32-16-13-26-53(62)69/h7-41H,1-6H3. The summed E-state index contributed by atoms with van der Waals surface area (Å²) in [5, 5.41) is 2.16. The lowest BCUT2D eigenvalue weighted by Gasteiger charge is -2.41. The highest BCUT2D eigenvalue weighted by molar-refractivity contribution is 6.11. The smallest absolute Gasteiger partial charge is 0.159 e. The fraction of sp³-hybridized carbons (Fsp3) is 0.143. The summed E-state index contributed by atoms with van der Waals surface area (Å²) in [6.45, 7) is 13.8. The van der Waals surface area contributed by atoms with Crippen LogP contribution < -0.4 is 14.4 Å². The molecule has 4 heteroatoms. The van der Waals surface area contributed by atoms with Gasteiger partial charge in [-0.05, 0) is 128 Å². The van der Waals surface area contributed by atoms with E-state index in [0.29, 0.717) is 0 Å². The maximum atomic E-state index is 7.07. The minimum Gasteiger partial charge on any atom is -0.457 e. The maximum Gasteiger partial charge on any atom is 0.159 e. The maximum absolute atomic E-state index is 7.07. The summed E-state index contributed by atoms with van der Waals surface area (Å²) in [5.41, 5.74) is 20.0. The second kappa shape index (κ2) is 15.0. The molecule has 0 atom stereocenters. The SMILES string of the molecule is CC(C)(C)c1ccc2c(c1)C1(c3cc(C(C)(C)C)ccc3O2)c2ccccc2-c2c(N(c3ccc4c(c3)C3(c5ccccc5Oc5ccccc53)c3ccccc3-4)c3cccc4c3oc3ccccc34)cccc21. The number of nitrogens with zero attached hydrogens (tertiary/aromatic N) is 1. The summed E-state index contributed by atoms with van der Waals surface area (Å²) in [7, 11) is 0. The molecule has 0 saturated carbocycles. The first-order chi connectivity index (χ1) is 36.0. The van der Waals surface area contributed by atoms with E-state index in [1.54, 1.807) is 0 Å². The lowest BCUT2D eigenvalue weighted by atomic mass is 9.64. The molecule has 0 radical (unpaired) electrons. The molecule has 0 N–H and O–H groups in total. The molecule has 0 amide bonds. The molecule has 11 aromatic rings. The monoisotopic (exact) mass is 955 g/mol. The number of hydrogen-bond donors (Lipinski definition) is 0. The Hall–Kier alpha value is -8.60. The van der Waals surface area contributed by atoms with Crippen molar-refractivity contribution < 1.29 is 13.9 Å². The fourth-order valence-corrected chi connectivity index (χ4v) is 13.4. The third-order valence-electron chi connectivity index (χ3n) is 16.7. The van der Waals surface area contributed by atoms with Gasteiger partial charge in [0.2, 0.25) is 0 Å². The Morgan fingerprint density at radius 1 is 0.351 bits per heavy atom. The number of furan rings is 1. The lowest BCUT2D eigenvalue weighted by molar-refractivity contribution is 0.433. The lowest BCUT2D eigenvalue weighted by Crippen LogP contribution is -2.33. The van der Waals surface area contributed by atoms with Gasteiger partial charge in [0, 0.05) is 44.3 Å². The van der Waals surface area contributed by atoms with E-state index in [9.17, 15) is 0 Å². The average molecular weight is 956 g/mol. The quantitative estimate of drug-likeness (QED) is 0.177. The first-order valence-corrected chi connectivity index (χ1v) is 26.0. The third kappa shape index (κ3) is 5.63. The summed E-state index contributed by atoms with van der Waals surface area (Å²) < 4.78 is 20.9. The molecule has 4 aliphatic rings. The highest BCUT2D eigenvalue weighted by Gasteiger charge is 2.54. The van der Waals surface area contributed by atoms with Gasteiger partial charge in [-0.2, -0.15) is 0 Å². The molecular weight excluding hydrogens is 903 g/mol. The van der Waals surface area contributed by atoms with Crippen LogP contribution in [0.5, 0.6) is 23.0 Å². The van der Waals surface area contributed by atoms with E-state index in [-0.39, 0.29) is 10.8 Å². The fourth-order valence-electron chi connectivity index (χ4n) is 13.4. The van der Waals surface area contributed by atoms with E-state index in [1.807, 2.05) is 0 Å². The van der Waals surface area contributed by atoms with Crippen molar-refractivity contribution >= 4 is 39.0 Å². The predicted octanol–water partition coefficient (Wildman–Crippen LogP) is 18.6. The van der Waals surface area contributed by atoms with Gasteiger partial charge in [0.1, 0.15) is 28.6 Å². The van der Waals surface area contributed by atoms with Crippen molar-refractivity contribution in [2.45, 2.75) is 63.2 Å². The minimum absolute atomic E-state index is 0.106. The normalized spacial score (nSPS) is 14.8. The molecule has 2 aliphatic heterocycles. The van der Waals surface area contributed by atoms with Crippen molar-refractivity contribution in [2.24, 2.45) is 0 Å². The van der Waals surface area contributed by atoms with Gasteiger partial charge in [0.25, 0.3) is 0 Å². The Kier molecular flexibility index (Phi) is 8.72. The highest BCUT2D eigenvalue weighted by Crippen LogP contribution is 2.67. The van der Waals surface area contributed by atoms with Gasteiger partial charge in [-0.1, -0.05) is 187 Å². The van der Waals surface area contributed by atoms with Gasteiger partial charge in [0.05, 0.1) is 22.2 Å². The molecule has 10 aromatic carbocycles. The molecule has 0 fully saturated rings. The first kappa shape index (κ1) is 43.0. The minimum atomic E-state index is -0.719. The zero-order chi connectivity index (χ0) is 49.9. The molecule has 15 rings (SSSR count). The van der Waals surface area contributed by atoms with Gasteiger partial charge in [-0.3, -0.25) is 0 Å². The number of benzene rings is 10. The van der Waals surface area contributed by atoms with Crippen LogP contribution in [0.3, 0.4) is 0 Å². The zero-order valence-electron chi connectivity index (χ0n) is 42.4. The molecule has 2 aliphatic carbocycles. The van der Waals surface area contributed by atoms with Crippen LogP contribution in [0.15, 0.2) is 217 Å². The van der Waals surface area contributed by atoms with Crippen molar-refractivity contribution in [3.8, 4) is 45.3 Å². The summed E-state index contributed by atoms with van der Waals surface area (Å²) in [6, 6.07) is 78.3. The van der Waals surface area contributed by atoms with Crippen LogP contribution in [-0.2, 0) is 21.7 Å². The number of ether oxygens (including phenoxy) is 2. The van der Waals surface area contributed by atoms with Crippen LogP contribution in [0.1, 0.15) is 97.2 Å². The third-order valence-corrected chi connectivity index (χ3v) is 16.7. The number of hydrogen-bond acceptors (Lipinski definition) is 4. The Labute approximate surface area is 432 Å². The zero-order valence-corrected chi connectivity index (χ0v) is 42.4. The molecule has 74 heavy (non-hydrogen) atoms. The van der Waals surface area contributed by atoms with E-state index in [4.69, 9.17) is 13.9 Å². The molecular formula is C70H53NO3. The van der Waals surface area contributed by atoms with Gasteiger partial charge in [-0.25, -0.2) is 0 Å². The Bertz CT molecular complexity index is 4090. The van der Waals surface area contributed by atoms with Gasteiger partial charge in [-0.15, -0.1) is 0 Å². The van der Waals surface area contributed by atoms with Crippen LogP contribution in [-0.4, -0.2) is 0 Å². The van der Waals surface area contributed by atoms with Crippen molar-refractivity contribution in [1.82, 2.24) is 0 Å². The van der Waals surface area contributed by atoms with E-state index >= 15 is 0 Å². The van der Waals surface area contributed by atoms with Crippen molar-refractivity contribution in [2.75, 3.05) is 4.90 Å². The van der Waals surface area contributed by atoms with E-state index < -0.39 is 10.8 Å². The van der Waals surface area contributed by atoms with Gasteiger partial charge >= 0.3 is 0 Å². The number of rotatable bonds is 3. The van der Waals surface area contributed by atoms with Crippen molar-refractivity contribution in [3.05, 3.63) is 268 Å². The largest absolute Gasteiger partial charge is 0.457 e. The summed E-state index contributed by atoms with van der Waals surface area (Å²) in [5.74, 6) is 3.50. The van der Waals surface area contributed by atoms with Crippen molar-refractivity contribution in [3.63, 3.8) is 0 Å². The van der Waals surface area contributed by atoms with Gasteiger partial charge in [0.15, 0.2) is 5.58 Å². The first-order valence-electron chi connectivity index (χ1n) is 26.0. The highest BCUT2D eigenvalue weighted by atomic mass is 16.5. The molecule has 356 valence electrons. The topological polar surface area (TPSA) is 34.8 Å². The second-order valence-corrected chi connectivity index (χ2v) is 22.7. The molecule has 1 aromatic heterocycles. The van der Waals surface area contributed by atoms with E-state index in [2.05, 4.69) is 259 Å². The predicted molar refractivity (Wildman–Crippen MR) is 301 cm³/mol. The van der Waals surface area contributed by atoms with Crippen LogP contribution in [0.4, 0.5) is 17.1 Å². The number of fused-ring (bicyclic) bond motifs is 21. The molecule has 3 heterocycles. The van der Waals surface area contributed by atoms with Crippen molar-refractivity contribution in [1.29, 1.82) is 0 Å². The summed E-state index contributed by atoms with van der Waals surface area (Å²) in [4.78, 5) is 2.49. The molecule has 0 unspecified atom stereocenters. The van der Waals surface area contributed by atoms with Crippen LogP contribution in [0, 0.1) is 0 Å². The van der Waals surface area contributed by atoms with Crippen LogP contribution >= 0.6 is 0 Å². The number of para-hydroxylation sites is 4. The van der Waals surface area contributed by atoms with E-state index in [0.717, 1.165) is 84.3 Å². The van der Waals surface area contributed by atoms with Crippen LogP contribution in [0.25, 0.3) is 44.2 Å². The molecule has 0 bridgehead atoms. The van der Waals surface area contributed by atoms with Crippen LogP contribution in [0.2, 0.25) is 0 Å². The molecule has 0 saturated heterocycles. The second-order valence-electron chi connectivity index (χ2n) is 22.7. The van der Waals surface area contributed by atoms with E-state index in [1.165, 1.54) is 55.6 Å². The summed E-state index contributed by atoms with van der Waals surface area (Å²) >= 11 is 0. The molecule has 4 nitrogen and oxygen atoms in total. The number of anilines is 3. The Morgan fingerprint density at radius 3 is 1.50 bits per heavy atom. The average Bonchev–Trinajstić information content (AvgIpc) is 4.08. The summed E-state index contributed by atoms with van der Waals surface area (Å²) in [6.07, 6.45) is 0. The Balaban J connectivity index is 1.07. The Morgan fingerprint density at radius 2 is 0.838 bits per heavy atom.